The number of aliphatic hydroxyl groups is 1. The maximum atomic E-state index is 13.0. The van der Waals surface area contributed by atoms with E-state index < -0.39 is 5.60 Å². The summed E-state index contributed by atoms with van der Waals surface area (Å²) in [6.45, 7) is 7.56. The van der Waals surface area contributed by atoms with Crippen molar-refractivity contribution < 1.29 is 14.6 Å². The van der Waals surface area contributed by atoms with Crippen LogP contribution in [0.1, 0.15) is 49.6 Å². The second-order valence-corrected chi connectivity index (χ2v) is 7.90. The summed E-state index contributed by atoms with van der Waals surface area (Å²) >= 11 is 0. The number of amides is 1. The fourth-order valence-electron chi connectivity index (χ4n) is 3.37. The summed E-state index contributed by atoms with van der Waals surface area (Å²) in [5, 5.41) is 12.8. The zero-order valence-corrected chi connectivity index (χ0v) is 16.4. The predicted molar refractivity (Wildman–Crippen MR) is 104 cm³/mol. The summed E-state index contributed by atoms with van der Waals surface area (Å²) in [5.41, 5.74) is 1.93. The number of carbonyl (C=O) groups excluding carboxylic acids is 1. The van der Waals surface area contributed by atoms with Crippen LogP contribution in [0.2, 0.25) is 0 Å². The molecular formula is C22H28N2O3. The third kappa shape index (κ3) is 4.30. The van der Waals surface area contributed by atoms with E-state index in [0.29, 0.717) is 18.6 Å². The molecule has 5 nitrogen and oxygen atoms in total. The smallest absolute Gasteiger partial charge is 0.264 e. The van der Waals surface area contributed by atoms with Gasteiger partial charge in [-0.25, -0.2) is 0 Å². The van der Waals surface area contributed by atoms with Gasteiger partial charge >= 0.3 is 0 Å². The van der Waals surface area contributed by atoms with Crippen LogP contribution in [-0.2, 0) is 4.79 Å². The standard InChI is InChI=1S/C22H28N2O3/c1-14-8-7-10-19(15(14)2)27-22(3,4)21(26)24-20(16-12-17(25)13-16)18-9-5-6-11-23-18/h5-11,16-17,20,25H,12-13H2,1-4H3,(H,24,26). The molecule has 2 aromatic rings. The zero-order valence-electron chi connectivity index (χ0n) is 16.4. The molecule has 1 saturated carbocycles. The van der Waals surface area contributed by atoms with Crippen molar-refractivity contribution in [3.05, 3.63) is 59.4 Å². The molecule has 1 atom stereocenters. The van der Waals surface area contributed by atoms with E-state index in [0.717, 1.165) is 16.8 Å². The molecule has 0 spiro atoms. The van der Waals surface area contributed by atoms with Crippen molar-refractivity contribution in [1.29, 1.82) is 0 Å². The van der Waals surface area contributed by atoms with E-state index >= 15 is 0 Å². The first-order chi connectivity index (χ1) is 12.8. The molecule has 5 heteroatoms. The average Bonchev–Trinajstić information content (AvgIpc) is 2.61. The molecule has 1 unspecified atom stereocenters. The van der Waals surface area contributed by atoms with E-state index in [2.05, 4.69) is 10.3 Å². The quantitative estimate of drug-likeness (QED) is 0.819. The Bertz CT molecular complexity index is 798. The summed E-state index contributed by atoms with van der Waals surface area (Å²) in [6, 6.07) is 11.3. The second-order valence-electron chi connectivity index (χ2n) is 7.90. The predicted octanol–water partition coefficient (Wildman–Crippen LogP) is 3.48. The van der Waals surface area contributed by atoms with Gasteiger partial charge in [-0.1, -0.05) is 18.2 Å². The van der Waals surface area contributed by atoms with E-state index in [-0.39, 0.29) is 24.0 Å². The minimum atomic E-state index is -1.03. The lowest BCUT2D eigenvalue weighted by molar-refractivity contribution is -0.136. The number of hydrogen-bond donors (Lipinski definition) is 2. The minimum Gasteiger partial charge on any atom is -0.478 e. The second kappa shape index (κ2) is 7.69. The Hall–Kier alpha value is -2.40. The largest absolute Gasteiger partial charge is 0.478 e. The Balaban J connectivity index is 1.77. The molecule has 1 heterocycles. The summed E-state index contributed by atoms with van der Waals surface area (Å²) in [7, 11) is 0. The van der Waals surface area contributed by atoms with Gasteiger partial charge < -0.3 is 15.2 Å². The van der Waals surface area contributed by atoms with Crippen LogP contribution in [0.25, 0.3) is 0 Å². The topological polar surface area (TPSA) is 71.5 Å². The number of aromatic nitrogens is 1. The summed E-state index contributed by atoms with van der Waals surface area (Å²) in [6.07, 6.45) is 2.76. The number of carbonyl (C=O) groups is 1. The Morgan fingerprint density at radius 1 is 1.22 bits per heavy atom. The van der Waals surface area contributed by atoms with E-state index in [4.69, 9.17) is 4.74 Å². The van der Waals surface area contributed by atoms with Crippen molar-refractivity contribution in [2.45, 2.75) is 58.3 Å². The van der Waals surface area contributed by atoms with Crippen LogP contribution in [0, 0.1) is 19.8 Å². The van der Waals surface area contributed by atoms with Crippen molar-refractivity contribution in [3.8, 4) is 5.75 Å². The molecule has 2 N–H and O–H groups in total. The third-order valence-corrected chi connectivity index (χ3v) is 5.38. The van der Waals surface area contributed by atoms with Crippen molar-refractivity contribution in [3.63, 3.8) is 0 Å². The van der Waals surface area contributed by atoms with Crippen LogP contribution in [0.15, 0.2) is 42.6 Å². The first kappa shape index (κ1) is 19.4. The number of rotatable bonds is 6. The van der Waals surface area contributed by atoms with Gasteiger partial charge in [0.25, 0.3) is 5.91 Å². The average molecular weight is 368 g/mol. The molecular weight excluding hydrogens is 340 g/mol. The highest BCUT2D eigenvalue weighted by atomic mass is 16.5. The monoisotopic (exact) mass is 368 g/mol. The van der Waals surface area contributed by atoms with Gasteiger partial charge in [-0.15, -0.1) is 0 Å². The Morgan fingerprint density at radius 2 is 1.96 bits per heavy atom. The minimum absolute atomic E-state index is 0.176. The molecule has 1 aliphatic rings. The molecule has 0 radical (unpaired) electrons. The number of nitrogens with zero attached hydrogens (tertiary/aromatic N) is 1. The maximum Gasteiger partial charge on any atom is 0.264 e. The van der Waals surface area contributed by atoms with E-state index in [1.165, 1.54) is 0 Å². The van der Waals surface area contributed by atoms with Crippen LogP contribution in [0.3, 0.4) is 0 Å². The molecule has 3 rings (SSSR count). The number of aryl methyl sites for hydroxylation is 1. The Morgan fingerprint density at radius 3 is 2.59 bits per heavy atom. The number of pyridine rings is 1. The van der Waals surface area contributed by atoms with Crippen LogP contribution >= 0.6 is 0 Å². The fraction of sp³-hybridized carbons (Fsp3) is 0.455. The van der Waals surface area contributed by atoms with Gasteiger partial charge in [0.1, 0.15) is 5.75 Å². The van der Waals surface area contributed by atoms with E-state index in [1.807, 2.05) is 50.2 Å². The first-order valence-corrected chi connectivity index (χ1v) is 9.43. The Labute approximate surface area is 160 Å². The van der Waals surface area contributed by atoms with Gasteiger partial charge in [-0.3, -0.25) is 9.78 Å². The lowest BCUT2D eigenvalue weighted by atomic mass is 9.76. The van der Waals surface area contributed by atoms with E-state index in [1.54, 1.807) is 20.0 Å². The third-order valence-electron chi connectivity index (χ3n) is 5.38. The highest BCUT2D eigenvalue weighted by Crippen LogP contribution is 2.38. The van der Waals surface area contributed by atoms with Crippen molar-refractivity contribution in [2.24, 2.45) is 5.92 Å². The summed E-state index contributed by atoms with van der Waals surface area (Å²) in [5.74, 6) is 0.694. The Kier molecular flexibility index (Phi) is 5.51. The molecule has 1 aliphatic carbocycles. The summed E-state index contributed by atoms with van der Waals surface area (Å²) in [4.78, 5) is 17.5. The SMILES string of the molecule is Cc1cccc(OC(C)(C)C(=O)NC(c2ccccn2)C2CC(O)C2)c1C. The molecule has 1 amide bonds. The lowest BCUT2D eigenvalue weighted by Gasteiger charge is -2.39. The van der Waals surface area contributed by atoms with Gasteiger partial charge in [0.15, 0.2) is 5.60 Å². The number of hydrogen-bond acceptors (Lipinski definition) is 4. The first-order valence-electron chi connectivity index (χ1n) is 9.43. The van der Waals surface area contributed by atoms with Crippen molar-refractivity contribution in [2.75, 3.05) is 0 Å². The number of benzene rings is 1. The molecule has 27 heavy (non-hydrogen) atoms. The van der Waals surface area contributed by atoms with Gasteiger partial charge in [0.05, 0.1) is 17.8 Å². The highest BCUT2D eigenvalue weighted by Gasteiger charge is 2.39. The molecule has 0 bridgehead atoms. The normalized spacial score (nSPS) is 20.5. The molecule has 1 aromatic carbocycles. The molecule has 0 saturated heterocycles. The maximum absolute atomic E-state index is 13.0. The molecule has 1 aromatic heterocycles. The number of aliphatic hydroxyl groups excluding tert-OH is 1. The van der Waals surface area contributed by atoms with Gasteiger partial charge in [-0.2, -0.15) is 0 Å². The van der Waals surface area contributed by atoms with Crippen LogP contribution in [-0.4, -0.2) is 27.7 Å². The fourth-order valence-corrected chi connectivity index (χ4v) is 3.37. The molecule has 1 fully saturated rings. The van der Waals surface area contributed by atoms with Crippen molar-refractivity contribution in [1.82, 2.24) is 10.3 Å². The van der Waals surface area contributed by atoms with Crippen LogP contribution < -0.4 is 10.1 Å². The summed E-state index contributed by atoms with van der Waals surface area (Å²) < 4.78 is 6.08. The van der Waals surface area contributed by atoms with Gasteiger partial charge in [0.2, 0.25) is 0 Å². The van der Waals surface area contributed by atoms with Crippen LogP contribution in [0.5, 0.6) is 5.75 Å². The van der Waals surface area contributed by atoms with Gasteiger partial charge in [-0.05, 0) is 75.8 Å². The highest BCUT2D eigenvalue weighted by molar-refractivity contribution is 5.85. The van der Waals surface area contributed by atoms with Crippen molar-refractivity contribution >= 4 is 5.91 Å². The zero-order chi connectivity index (χ0) is 19.6. The lowest BCUT2D eigenvalue weighted by Crippen LogP contribution is -2.51. The molecule has 0 aliphatic heterocycles. The van der Waals surface area contributed by atoms with Crippen LogP contribution in [0.4, 0.5) is 0 Å². The van der Waals surface area contributed by atoms with Gasteiger partial charge in [0, 0.05) is 6.20 Å². The molecule has 144 valence electrons. The number of ether oxygens (including phenoxy) is 1. The van der Waals surface area contributed by atoms with E-state index in [9.17, 15) is 9.90 Å². The number of nitrogens with one attached hydrogen (secondary N) is 1.